The molecule has 8 nitrogen and oxygen atoms in total. The maximum absolute atomic E-state index is 12.7. The first-order chi connectivity index (χ1) is 21.0. The van der Waals surface area contributed by atoms with Crippen LogP contribution in [-0.4, -0.2) is 73.4 Å². The number of nitrogens with zero attached hydrogens (tertiary/aromatic N) is 1. The summed E-state index contributed by atoms with van der Waals surface area (Å²) >= 11 is 0. The summed E-state index contributed by atoms with van der Waals surface area (Å²) in [7, 11) is 1.62. The van der Waals surface area contributed by atoms with Crippen molar-refractivity contribution in [2.45, 2.75) is 180 Å². The van der Waals surface area contributed by atoms with Gasteiger partial charge in [-0.15, -0.1) is 0 Å². The number of unbranched alkanes of at least 4 members (excludes halogenated alkanes) is 20. The summed E-state index contributed by atoms with van der Waals surface area (Å²) in [5.41, 5.74) is 0. The minimum atomic E-state index is -4.29. The Morgan fingerprint density at radius 1 is 0.682 bits per heavy atom. The van der Waals surface area contributed by atoms with E-state index < -0.39 is 20.0 Å². The van der Waals surface area contributed by atoms with Crippen molar-refractivity contribution in [1.29, 1.82) is 0 Å². The molecule has 0 aromatic carbocycles. The van der Waals surface area contributed by atoms with Gasteiger partial charge in [-0.1, -0.05) is 149 Å². The lowest BCUT2D eigenvalue weighted by atomic mass is 10.0. The van der Waals surface area contributed by atoms with Gasteiger partial charge in [0.2, 0.25) is 5.91 Å². The standard InChI is InChI=1S/C35H73N2O6P/c1-6-8-10-12-14-16-18-20-22-24-26-28-34(38)33(32-43-44(40,41)42-31-30-37(3,4)5)36-35(39)29-27-25-23-21-19-17-15-13-11-9-7-2/h33-34,38H,6-32H2,1-5H3,(H-,36,39,40,41)/p+1/t33-,34+/m0/s1. The molecule has 1 amide bonds. The fourth-order valence-electron chi connectivity index (χ4n) is 5.34. The number of hydrogen-bond donors (Lipinski definition) is 3. The van der Waals surface area contributed by atoms with Gasteiger partial charge in [0.25, 0.3) is 0 Å². The number of phosphoric acid groups is 1. The maximum Gasteiger partial charge on any atom is 0.472 e. The summed E-state index contributed by atoms with van der Waals surface area (Å²) in [6.07, 6.45) is 26.9. The normalized spacial score (nSPS) is 14.8. The van der Waals surface area contributed by atoms with Gasteiger partial charge in [-0.25, -0.2) is 4.57 Å². The van der Waals surface area contributed by atoms with Crippen LogP contribution in [0.5, 0.6) is 0 Å². The molecule has 264 valence electrons. The molecule has 0 fully saturated rings. The predicted molar refractivity (Wildman–Crippen MR) is 185 cm³/mol. The zero-order valence-corrected chi connectivity index (χ0v) is 30.6. The van der Waals surface area contributed by atoms with Gasteiger partial charge in [-0.2, -0.15) is 0 Å². The molecular weight excluding hydrogens is 575 g/mol. The monoisotopic (exact) mass is 650 g/mol. The SMILES string of the molecule is CCCCCCCCCCCCCC(=O)N[C@@H](COP(=O)(O)OCC[N+](C)(C)C)[C@H](O)CCCCCCCCCCCCC. The molecule has 0 aromatic rings. The van der Waals surface area contributed by atoms with E-state index in [1.54, 1.807) is 0 Å². The van der Waals surface area contributed by atoms with E-state index >= 15 is 0 Å². The highest BCUT2D eigenvalue weighted by Crippen LogP contribution is 2.43. The van der Waals surface area contributed by atoms with Gasteiger partial charge in [-0.3, -0.25) is 13.8 Å². The number of amides is 1. The molecule has 0 radical (unpaired) electrons. The molecule has 0 rings (SSSR count). The fourth-order valence-corrected chi connectivity index (χ4v) is 6.07. The van der Waals surface area contributed by atoms with Crippen LogP contribution in [0.3, 0.4) is 0 Å². The van der Waals surface area contributed by atoms with E-state index in [1.165, 1.54) is 103 Å². The minimum Gasteiger partial charge on any atom is -0.391 e. The highest BCUT2D eigenvalue weighted by Gasteiger charge is 2.28. The summed E-state index contributed by atoms with van der Waals surface area (Å²) < 4.78 is 23.4. The average Bonchev–Trinajstić information content (AvgIpc) is 2.95. The first-order valence-corrected chi connectivity index (χ1v) is 19.9. The molecule has 0 aliphatic heterocycles. The van der Waals surface area contributed by atoms with Gasteiger partial charge in [0.1, 0.15) is 13.2 Å². The summed E-state index contributed by atoms with van der Waals surface area (Å²) in [5.74, 6) is -0.147. The Morgan fingerprint density at radius 2 is 1.09 bits per heavy atom. The largest absolute Gasteiger partial charge is 0.472 e. The third-order valence-electron chi connectivity index (χ3n) is 8.36. The smallest absolute Gasteiger partial charge is 0.391 e. The molecule has 0 aliphatic rings. The number of aliphatic hydroxyl groups excluding tert-OH is 1. The first kappa shape index (κ1) is 43.5. The van der Waals surface area contributed by atoms with Crippen LogP contribution in [0.1, 0.15) is 168 Å². The van der Waals surface area contributed by atoms with Gasteiger partial charge in [0, 0.05) is 6.42 Å². The van der Waals surface area contributed by atoms with Gasteiger partial charge < -0.3 is 19.8 Å². The van der Waals surface area contributed by atoms with Crippen molar-refractivity contribution in [2.75, 3.05) is 40.9 Å². The van der Waals surface area contributed by atoms with Crippen LogP contribution < -0.4 is 5.32 Å². The van der Waals surface area contributed by atoms with E-state index in [0.717, 1.165) is 38.5 Å². The van der Waals surface area contributed by atoms with Crippen LogP contribution in [0.25, 0.3) is 0 Å². The molecule has 0 aromatic heterocycles. The number of aliphatic hydroxyl groups is 1. The van der Waals surface area contributed by atoms with Gasteiger partial charge in [0.05, 0.1) is 39.9 Å². The molecular formula is C35H74N2O6P+. The highest BCUT2D eigenvalue weighted by atomic mass is 31.2. The lowest BCUT2D eigenvalue weighted by molar-refractivity contribution is -0.870. The maximum atomic E-state index is 12.7. The summed E-state index contributed by atoms with van der Waals surface area (Å²) in [6, 6.07) is -0.749. The quantitative estimate of drug-likeness (QED) is 0.0372. The van der Waals surface area contributed by atoms with E-state index in [4.69, 9.17) is 9.05 Å². The molecule has 0 saturated carbocycles. The number of carbonyl (C=O) groups excluding carboxylic acids is 1. The molecule has 0 aliphatic carbocycles. The molecule has 0 bridgehead atoms. The first-order valence-electron chi connectivity index (χ1n) is 18.4. The molecule has 0 saturated heterocycles. The third kappa shape index (κ3) is 30.2. The van der Waals surface area contributed by atoms with Gasteiger partial charge in [-0.05, 0) is 12.8 Å². The Balaban J connectivity index is 4.49. The third-order valence-corrected chi connectivity index (χ3v) is 9.34. The summed E-state index contributed by atoms with van der Waals surface area (Å²) in [6.45, 7) is 4.85. The van der Waals surface area contributed by atoms with Crippen molar-refractivity contribution >= 4 is 13.7 Å². The van der Waals surface area contributed by atoms with Crippen LogP contribution in [0.15, 0.2) is 0 Å². The number of nitrogens with one attached hydrogen (secondary N) is 1. The molecule has 1 unspecified atom stereocenters. The molecule has 0 heterocycles. The molecule has 0 spiro atoms. The van der Waals surface area contributed by atoms with E-state index in [2.05, 4.69) is 19.2 Å². The van der Waals surface area contributed by atoms with E-state index in [9.17, 15) is 19.4 Å². The van der Waals surface area contributed by atoms with Crippen LogP contribution in [-0.2, 0) is 18.4 Å². The molecule has 9 heteroatoms. The summed E-state index contributed by atoms with van der Waals surface area (Å²) in [4.78, 5) is 22.9. The number of phosphoric ester groups is 1. The Hall–Kier alpha value is -0.500. The average molecular weight is 650 g/mol. The van der Waals surface area contributed by atoms with Crippen LogP contribution in [0, 0.1) is 0 Å². The topological polar surface area (TPSA) is 105 Å². The lowest BCUT2D eigenvalue weighted by Gasteiger charge is -2.26. The fraction of sp³-hybridized carbons (Fsp3) is 0.971. The van der Waals surface area contributed by atoms with Crippen LogP contribution >= 0.6 is 7.82 Å². The zero-order chi connectivity index (χ0) is 32.9. The Labute approximate surface area is 272 Å². The number of rotatable bonds is 33. The van der Waals surface area contributed by atoms with Crippen molar-refractivity contribution in [3.05, 3.63) is 0 Å². The van der Waals surface area contributed by atoms with E-state index in [0.29, 0.717) is 23.9 Å². The minimum absolute atomic E-state index is 0.0778. The second-order valence-electron chi connectivity index (χ2n) is 14.0. The second-order valence-corrected chi connectivity index (χ2v) is 15.4. The van der Waals surface area contributed by atoms with Gasteiger partial charge in [0.15, 0.2) is 0 Å². The van der Waals surface area contributed by atoms with Crippen molar-refractivity contribution in [3.63, 3.8) is 0 Å². The van der Waals surface area contributed by atoms with E-state index in [1.807, 2.05) is 21.1 Å². The van der Waals surface area contributed by atoms with Crippen molar-refractivity contribution in [3.8, 4) is 0 Å². The van der Waals surface area contributed by atoms with Crippen molar-refractivity contribution < 1.29 is 32.9 Å². The van der Waals surface area contributed by atoms with Crippen molar-refractivity contribution in [1.82, 2.24) is 5.32 Å². The Kier molecular flexibility index (Phi) is 28.4. The predicted octanol–water partition coefficient (Wildman–Crippen LogP) is 9.07. The number of likely N-dealkylation sites (N-methyl/N-ethyl adjacent to an activating group) is 1. The Bertz CT molecular complexity index is 703. The van der Waals surface area contributed by atoms with Crippen molar-refractivity contribution in [2.24, 2.45) is 0 Å². The highest BCUT2D eigenvalue weighted by molar-refractivity contribution is 7.47. The zero-order valence-electron chi connectivity index (χ0n) is 29.7. The second kappa shape index (κ2) is 28.7. The van der Waals surface area contributed by atoms with E-state index in [-0.39, 0.29) is 19.1 Å². The molecule has 44 heavy (non-hydrogen) atoms. The summed E-state index contributed by atoms with van der Waals surface area (Å²) in [5, 5.41) is 13.8. The Morgan fingerprint density at radius 3 is 1.52 bits per heavy atom. The molecule has 3 atom stereocenters. The van der Waals surface area contributed by atoms with Crippen LogP contribution in [0.2, 0.25) is 0 Å². The molecule has 3 N–H and O–H groups in total. The van der Waals surface area contributed by atoms with Gasteiger partial charge >= 0.3 is 7.82 Å². The number of hydrogen-bond acceptors (Lipinski definition) is 5. The lowest BCUT2D eigenvalue weighted by Crippen LogP contribution is -2.46. The number of quaternary nitrogens is 1. The number of carbonyl (C=O) groups is 1. The van der Waals surface area contributed by atoms with Crippen LogP contribution in [0.4, 0.5) is 0 Å².